The van der Waals surface area contributed by atoms with Crippen LogP contribution in [0.3, 0.4) is 0 Å². The maximum absolute atomic E-state index is 13.7. The predicted molar refractivity (Wildman–Crippen MR) is 166 cm³/mol. The third-order valence-electron chi connectivity index (χ3n) is 7.83. The van der Waals surface area contributed by atoms with Crippen molar-refractivity contribution in [2.45, 2.75) is 32.2 Å². The average molecular weight is 658 g/mol. The number of halogens is 3. The van der Waals surface area contributed by atoms with Crippen molar-refractivity contribution in [3.8, 4) is 17.2 Å². The number of para-hydroxylation sites is 1. The van der Waals surface area contributed by atoms with Crippen LogP contribution in [0.5, 0.6) is 17.2 Å². The Kier molecular flexibility index (Phi) is 9.65. The molecule has 15 heteroatoms. The van der Waals surface area contributed by atoms with Gasteiger partial charge in [0, 0.05) is 37.0 Å². The third-order valence-corrected chi connectivity index (χ3v) is 7.83. The van der Waals surface area contributed by atoms with Crippen LogP contribution < -0.4 is 30.2 Å². The summed E-state index contributed by atoms with van der Waals surface area (Å²) >= 11 is 0. The number of hydrogen-bond acceptors (Lipinski definition) is 7. The minimum absolute atomic E-state index is 0.000336. The number of nitrogens with zero attached hydrogens (tertiary/aromatic N) is 2. The van der Waals surface area contributed by atoms with Crippen molar-refractivity contribution < 1.29 is 46.9 Å². The number of aliphatic hydroxyl groups excluding tert-OH is 1. The number of nitrogens with one attached hydrogen (secondary N) is 3. The highest BCUT2D eigenvalue weighted by atomic mass is 19.4. The van der Waals surface area contributed by atoms with Crippen LogP contribution in [0.2, 0.25) is 0 Å². The number of anilines is 3. The highest BCUT2D eigenvalue weighted by molar-refractivity contribution is 6.04. The zero-order chi connectivity index (χ0) is 33.9. The molecule has 0 fully saturated rings. The second-order valence-corrected chi connectivity index (χ2v) is 11.3. The van der Waals surface area contributed by atoms with Gasteiger partial charge in [-0.25, -0.2) is 9.59 Å². The summed E-state index contributed by atoms with van der Waals surface area (Å²) in [5.41, 5.74) is 0.0732. The molecule has 250 valence electrons. The Morgan fingerprint density at radius 2 is 1.72 bits per heavy atom. The Bertz CT molecular complexity index is 1640. The number of carbonyl (C=O) groups excluding carboxylic acids is 3. The first-order chi connectivity index (χ1) is 22.3. The number of likely N-dealkylation sites (N-methyl/N-ethyl adjacent to an activating group) is 1. The van der Waals surface area contributed by atoms with E-state index in [9.17, 15) is 32.7 Å². The van der Waals surface area contributed by atoms with E-state index in [0.717, 1.165) is 24.3 Å². The van der Waals surface area contributed by atoms with E-state index < -0.39 is 41.9 Å². The summed E-state index contributed by atoms with van der Waals surface area (Å²) in [7, 11) is 1.50. The summed E-state index contributed by atoms with van der Waals surface area (Å²) in [6.45, 7) is 3.48. The van der Waals surface area contributed by atoms with Gasteiger partial charge < -0.3 is 45.1 Å². The number of amides is 5. The van der Waals surface area contributed by atoms with Gasteiger partial charge in [-0.1, -0.05) is 13.0 Å². The fourth-order valence-electron chi connectivity index (χ4n) is 5.13. The first-order valence-electron chi connectivity index (χ1n) is 14.7. The zero-order valence-electron chi connectivity index (χ0n) is 25.8. The molecule has 3 aromatic rings. The van der Waals surface area contributed by atoms with Gasteiger partial charge in [-0.15, -0.1) is 0 Å². The van der Waals surface area contributed by atoms with Gasteiger partial charge in [0.1, 0.15) is 6.10 Å². The maximum Gasteiger partial charge on any atom is 0.416 e. The largest absolute Gasteiger partial charge is 0.485 e. The lowest BCUT2D eigenvalue weighted by Gasteiger charge is -2.38. The minimum atomic E-state index is -4.51. The standard InChI is InChI=1S/C32H34F3N5O7/c1-18-14-40(19(2)16-41)29(42)23-5-4-6-24(38-30(43)36-22-11-12-25-26(13-22)46-17-45-25)28(23)47-27(18)15-39(3)31(44)37-21-9-7-20(8-10-21)32(33,34)35/h4-13,18-19,27,41H,14-17H2,1-3H3,(H,37,44)(H2,36,38,43)/t18-,19+,27+/m1/s1. The Morgan fingerprint density at radius 3 is 2.43 bits per heavy atom. The lowest BCUT2D eigenvalue weighted by Crippen LogP contribution is -2.50. The Hall–Kier alpha value is -5.18. The van der Waals surface area contributed by atoms with Crippen molar-refractivity contribution in [1.82, 2.24) is 9.80 Å². The van der Waals surface area contributed by atoms with E-state index in [1.54, 1.807) is 43.3 Å². The van der Waals surface area contributed by atoms with E-state index in [1.165, 1.54) is 16.8 Å². The van der Waals surface area contributed by atoms with Crippen LogP contribution in [0, 0.1) is 5.92 Å². The molecule has 3 atom stereocenters. The summed E-state index contributed by atoms with van der Waals surface area (Å²) in [6, 6.07) is 11.9. The molecule has 0 bridgehead atoms. The van der Waals surface area contributed by atoms with E-state index in [4.69, 9.17) is 14.2 Å². The van der Waals surface area contributed by atoms with E-state index in [-0.39, 0.29) is 55.1 Å². The molecular formula is C32H34F3N5O7. The number of benzene rings is 3. The van der Waals surface area contributed by atoms with Crippen molar-refractivity contribution in [2.75, 3.05) is 49.5 Å². The van der Waals surface area contributed by atoms with Crippen molar-refractivity contribution in [3.63, 3.8) is 0 Å². The first kappa shape index (κ1) is 33.2. The summed E-state index contributed by atoms with van der Waals surface area (Å²) < 4.78 is 55.9. The number of ether oxygens (including phenoxy) is 3. The van der Waals surface area contributed by atoms with E-state index >= 15 is 0 Å². The molecule has 4 N–H and O–H groups in total. The molecule has 2 aliphatic rings. The number of alkyl halides is 3. The molecule has 0 radical (unpaired) electrons. The summed E-state index contributed by atoms with van der Waals surface area (Å²) in [4.78, 5) is 42.7. The highest BCUT2D eigenvalue weighted by Gasteiger charge is 2.35. The molecule has 3 aromatic carbocycles. The molecule has 2 aliphatic heterocycles. The minimum Gasteiger partial charge on any atom is -0.485 e. The molecule has 5 rings (SSSR count). The molecule has 0 saturated heterocycles. The molecule has 5 amide bonds. The fourth-order valence-corrected chi connectivity index (χ4v) is 5.13. The molecule has 0 aromatic heterocycles. The fraction of sp³-hybridized carbons (Fsp3) is 0.344. The van der Waals surface area contributed by atoms with Gasteiger partial charge in [0.15, 0.2) is 17.2 Å². The van der Waals surface area contributed by atoms with Crippen molar-refractivity contribution in [1.29, 1.82) is 0 Å². The second kappa shape index (κ2) is 13.7. The molecule has 12 nitrogen and oxygen atoms in total. The predicted octanol–water partition coefficient (Wildman–Crippen LogP) is 5.46. The number of rotatable bonds is 7. The van der Waals surface area contributed by atoms with Gasteiger partial charge in [-0.05, 0) is 55.5 Å². The lowest BCUT2D eigenvalue weighted by molar-refractivity contribution is -0.137. The molecule has 0 aliphatic carbocycles. The Balaban J connectivity index is 1.37. The average Bonchev–Trinajstić information content (AvgIpc) is 3.50. The number of carbonyl (C=O) groups is 3. The first-order valence-corrected chi connectivity index (χ1v) is 14.7. The topological polar surface area (TPSA) is 142 Å². The normalized spacial score (nSPS) is 17.9. The van der Waals surface area contributed by atoms with Gasteiger partial charge in [0.2, 0.25) is 6.79 Å². The van der Waals surface area contributed by atoms with Crippen LogP contribution in [0.4, 0.5) is 39.8 Å². The van der Waals surface area contributed by atoms with Crippen molar-refractivity contribution >= 4 is 35.0 Å². The quantitative estimate of drug-likeness (QED) is 0.264. The molecule has 0 spiro atoms. The molecule has 0 saturated carbocycles. The van der Waals surface area contributed by atoms with Gasteiger partial charge in [-0.2, -0.15) is 13.2 Å². The highest BCUT2D eigenvalue weighted by Crippen LogP contribution is 2.37. The van der Waals surface area contributed by atoms with Crippen LogP contribution in [-0.2, 0) is 6.18 Å². The molecular weight excluding hydrogens is 623 g/mol. The third kappa shape index (κ3) is 7.62. The van der Waals surface area contributed by atoms with Crippen LogP contribution in [0.15, 0.2) is 60.7 Å². The van der Waals surface area contributed by atoms with Gasteiger partial charge >= 0.3 is 18.2 Å². The van der Waals surface area contributed by atoms with E-state index in [2.05, 4.69) is 16.0 Å². The maximum atomic E-state index is 13.7. The number of hydrogen-bond donors (Lipinski definition) is 4. The van der Waals surface area contributed by atoms with Crippen molar-refractivity contribution in [2.24, 2.45) is 5.92 Å². The Morgan fingerprint density at radius 1 is 1.02 bits per heavy atom. The smallest absolute Gasteiger partial charge is 0.416 e. The van der Waals surface area contributed by atoms with Crippen LogP contribution in [0.25, 0.3) is 0 Å². The number of urea groups is 2. The van der Waals surface area contributed by atoms with Crippen LogP contribution in [-0.4, -0.2) is 78.6 Å². The lowest BCUT2D eigenvalue weighted by atomic mass is 9.99. The van der Waals surface area contributed by atoms with Crippen molar-refractivity contribution in [3.05, 3.63) is 71.8 Å². The van der Waals surface area contributed by atoms with Gasteiger partial charge in [0.05, 0.1) is 36.0 Å². The molecule has 47 heavy (non-hydrogen) atoms. The summed E-state index contributed by atoms with van der Waals surface area (Å²) in [5, 5.41) is 17.9. The van der Waals surface area contributed by atoms with E-state index in [1.807, 2.05) is 6.92 Å². The van der Waals surface area contributed by atoms with E-state index in [0.29, 0.717) is 17.2 Å². The SMILES string of the molecule is C[C@@H]1CN([C@@H](C)CO)C(=O)c2cccc(NC(=O)Nc3ccc4c(c3)OCO4)c2O[C@H]1CN(C)C(=O)Nc1ccc(C(F)(F)F)cc1. The van der Waals surface area contributed by atoms with Crippen LogP contribution in [0.1, 0.15) is 29.8 Å². The molecule has 0 unspecified atom stereocenters. The summed E-state index contributed by atoms with van der Waals surface area (Å²) in [6.07, 6.45) is -5.23. The van der Waals surface area contributed by atoms with Crippen LogP contribution >= 0.6 is 0 Å². The summed E-state index contributed by atoms with van der Waals surface area (Å²) in [5.74, 6) is 0.301. The molecule has 2 heterocycles. The second-order valence-electron chi connectivity index (χ2n) is 11.3. The van der Waals surface area contributed by atoms with Gasteiger partial charge in [-0.3, -0.25) is 4.79 Å². The number of fused-ring (bicyclic) bond motifs is 2. The number of aliphatic hydroxyl groups is 1. The monoisotopic (exact) mass is 657 g/mol. The zero-order valence-corrected chi connectivity index (χ0v) is 25.8. The van der Waals surface area contributed by atoms with Gasteiger partial charge in [0.25, 0.3) is 5.91 Å². The Labute approximate surface area is 268 Å².